The topological polar surface area (TPSA) is 79.6 Å². The molecule has 118 valence electrons. The minimum atomic E-state index is -3.17. The van der Waals surface area contributed by atoms with Gasteiger partial charge in [-0.2, -0.15) is 0 Å². The maximum Gasteiger partial charge on any atom is 0.223 e. The summed E-state index contributed by atoms with van der Waals surface area (Å²) in [6, 6.07) is 3.68. The van der Waals surface area contributed by atoms with Gasteiger partial charge in [-0.15, -0.1) is 0 Å². The van der Waals surface area contributed by atoms with E-state index in [9.17, 15) is 13.2 Å². The second-order valence-electron chi connectivity index (χ2n) is 5.55. The number of piperidine rings is 1. The number of amides is 1. The molecule has 1 aromatic rings. The third-order valence-corrected chi connectivity index (χ3v) is 4.36. The maximum absolute atomic E-state index is 12.2. The van der Waals surface area contributed by atoms with Crippen molar-refractivity contribution >= 4 is 15.9 Å². The zero-order chi connectivity index (χ0) is 15.3. The van der Waals surface area contributed by atoms with Crippen molar-refractivity contribution < 1.29 is 17.6 Å². The lowest BCUT2D eigenvalue weighted by molar-refractivity contribution is -0.133. The van der Waals surface area contributed by atoms with Crippen LogP contribution in [0, 0.1) is 5.92 Å². The molecule has 2 rings (SSSR count). The van der Waals surface area contributed by atoms with E-state index in [4.69, 9.17) is 4.42 Å². The molecule has 1 aromatic heterocycles. The van der Waals surface area contributed by atoms with E-state index in [1.165, 1.54) is 0 Å². The Kier molecular flexibility index (Phi) is 5.41. The first-order valence-corrected chi connectivity index (χ1v) is 9.08. The molecule has 1 fully saturated rings. The van der Waals surface area contributed by atoms with Gasteiger partial charge in [0.25, 0.3) is 0 Å². The molecule has 0 aliphatic carbocycles. The quantitative estimate of drug-likeness (QED) is 0.849. The molecule has 2 heterocycles. The molecule has 1 aliphatic rings. The Labute approximate surface area is 125 Å². The lowest BCUT2D eigenvalue weighted by atomic mass is 9.98. The minimum absolute atomic E-state index is 0.107. The van der Waals surface area contributed by atoms with Gasteiger partial charge in [0.05, 0.1) is 12.5 Å². The fraction of sp³-hybridized carbons (Fsp3) is 0.643. The van der Waals surface area contributed by atoms with Gasteiger partial charge in [0.1, 0.15) is 5.76 Å². The highest BCUT2D eigenvalue weighted by molar-refractivity contribution is 7.88. The summed E-state index contributed by atoms with van der Waals surface area (Å²) in [5, 5.41) is 0. The number of aryl methyl sites for hydroxylation is 1. The standard InChI is InChI=1S/C14H22N2O4S/c1-21(18,19)15-10-12-4-2-8-16(11-12)14(17)7-6-13-5-3-9-20-13/h3,5,9,12,15H,2,4,6-8,10-11H2,1H3/t12-/m1/s1. The minimum Gasteiger partial charge on any atom is -0.469 e. The van der Waals surface area contributed by atoms with Crippen LogP contribution < -0.4 is 4.72 Å². The predicted molar refractivity (Wildman–Crippen MR) is 79.2 cm³/mol. The first-order chi connectivity index (χ1) is 9.94. The molecular formula is C14H22N2O4S. The van der Waals surface area contributed by atoms with Gasteiger partial charge in [0.2, 0.25) is 15.9 Å². The van der Waals surface area contributed by atoms with Gasteiger partial charge < -0.3 is 9.32 Å². The first kappa shape index (κ1) is 16.0. The Morgan fingerprint density at radius 3 is 3.00 bits per heavy atom. The van der Waals surface area contributed by atoms with E-state index in [1.54, 1.807) is 6.26 Å². The zero-order valence-electron chi connectivity index (χ0n) is 12.2. The third-order valence-electron chi connectivity index (χ3n) is 3.67. The summed E-state index contributed by atoms with van der Waals surface area (Å²) in [5.41, 5.74) is 0. The number of nitrogens with zero attached hydrogens (tertiary/aromatic N) is 1. The van der Waals surface area contributed by atoms with Gasteiger partial charge in [-0.3, -0.25) is 4.79 Å². The van der Waals surface area contributed by atoms with Crippen LogP contribution in [0.15, 0.2) is 22.8 Å². The van der Waals surface area contributed by atoms with Crippen LogP contribution >= 0.6 is 0 Å². The van der Waals surface area contributed by atoms with Crippen molar-refractivity contribution in [2.24, 2.45) is 5.92 Å². The Hall–Kier alpha value is -1.34. The SMILES string of the molecule is CS(=O)(=O)NC[C@H]1CCCN(C(=O)CCc2ccco2)C1. The Morgan fingerprint density at radius 2 is 2.33 bits per heavy atom. The van der Waals surface area contributed by atoms with Gasteiger partial charge in [0.15, 0.2) is 0 Å². The fourth-order valence-electron chi connectivity index (χ4n) is 2.57. The summed E-state index contributed by atoms with van der Waals surface area (Å²) in [5.74, 6) is 1.12. The number of hydrogen-bond donors (Lipinski definition) is 1. The number of hydrogen-bond acceptors (Lipinski definition) is 4. The molecule has 1 amide bonds. The highest BCUT2D eigenvalue weighted by atomic mass is 32.2. The molecule has 7 heteroatoms. The average Bonchev–Trinajstić information content (AvgIpc) is 2.95. The smallest absolute Gasteiger partial charge is 0.223 e. The van der Waals surface area contributed by atoms with Crippen molar-refractivity contribution in [1.82, 2.24) is 9.62 Å². The van der Waals surface area contributed by atoms with Crippen LogP contribution in [0.25, 0.3) is 0 Å². The number of carbonyl (C=O) groups excluding carboxylic acids is 1. The zero-order valence-corrected chi connectivity index (χ0v) is 13.1. The van der Waals surface area contributed by atoms with Crippen molar-refractivity contribution in [3.63, 3.8) is 0 Å². The highest BCUT2D eigenvalue weighted by Gasteiger charge is 2.24. The van der Waals surface area contributed by atoms with Crippen LogP contribution in [0.4, 0.5) is 0 Å². The molecule has 1 atom stereocenters. The van der Waals surface area contributed by atoms with Crippen molar-refractivity contribution in [1.29, 1.82) is 0 Å². The van der Waals surface area contributed by atoms with E-state index in [0.717, 1.165) is 31.4 Å². The van der Waals surface area contributed by atoms with E-state index >= 15 is 0 Å². The molecule has 0 spiro atoms. The van der Waals surface area contributed by atoms with Crippen molar-refractivity contribution in [2.45, 2.75) is 25.7 Å². The summed E-state index contributed by atoms with van der Waals surface area (Å²) in [7, 11) is -3.17. The van der Waals surface area contributed by atoms with Crippen LogP contribution in [-0.4, -0.2) is 45.1 Å². The monoisotopic (exact) mass is 314 g/mol. The molecule has 0 radical (unpaired) electrons. The number of furan rings is 1. The lowest BCUT2D eigenvalue weighted by Crippen LogP contribution is -2.43. The fourth-order valence-corrected chi connectivity index (χ4v) is 3.11. The Bertz CT molecular complexity index is 554. The van der Waals surface area contributed by atoms with Crippen molar-refractivity contribution in [3.05, 3.63) is 24.2 Å². The third kappa shape index (κ3) is 5.51. The highest BCUT2D eigenvalue weighted by Crippen LogP contribution is 2.17. The molecule has 0 aromatic carbocycles. The van der Waals surface area contributed by atoms with Gasteiger partial charge in [-0.1, -0.05) is 0 Å². The van der Waals surface area contributed by atoms with E-state index in [-0.39, 0.29) is 11.8 Å². The summed E-state index contributed by atoms with van der Waals surface area (Å²) in [6.07, 6.45) is 5.66. The largest absolute Gasteiger partial charge is 0.469 e. The second kappa shape index (κ2) is 7.09. The number of sulfonamides is 1. The van der Waals surface area contributed by atoms with Gasteiger partial charge in [-0.25, -0.2) is 13.1 Å². The van der Waals surface area contributed by atoms with Crippen LogP contribution in [0.3, 0.4) is 0 Å². The van der Waals surface area contributed by atoms with Gasteiger partial charge >= 0.3 is 0 Å². The maximum atomic E-state index is 12.2. The van der Waals surface area contributed by atoms with Gasteiger partial charge in [-0.05, 0) is 30.9 Å². The second-order valence-corrected chi connectivity index (χ2v) is 7.38. The summed E-state index contributed by atoms with van der Waals surface area (Å²) in [6.45, 7) is 1.78. The van der Waals surface area contributed by atoms with Gasteiger partial charge in [0, 0.05) is 32.5 Å². The molecule has 1 aliphatic heterocycles. The molecule has 0 bridgehead atoms. The molecule has 0 saturated carbocycles. The van der Waals surface area contributed by atoms with Crippen LogP contribution in [0.5, 0.6) is 0 Å². The van der Waals surface area contributed by atoms with E-state index in [0.29, 0.717) is 25.9 Å². The lowest BCUT2D eigenvalue weighted by Gasteiger charge is -2.32. The van der Waals surface area contributed by atoms with Crippen molar-refractivity contribution in [2.75, 3.05) is 25.9 Å². The van der Waals surface area contributed by atoms with E-state index < -0.39 is 10.0 Å². The summed E-state index contributed by atoms with van der Waals surface area (Å²) in [4.78, 5) is 14.0. The number of carbonyl (C=O) groups is 1. The molecule has 1 N–H and O–H groups in total. The van der Waals surface area contributed by atoms with Crippen molar-refractivity contribution in [3.8, 4) is 0 Å². The number of nitrogens with one attached hydrogen (secondary N) is 1. The summed E-state index contributed by atoms with van der Waals surface area (Å²) < 4.78 is 30.0. The van der Waals surface area contributed by atoms with Crippen LogP contribution in [0.1, 0.15) is 25.0 Å². The number of rotatable bonds is 6. The number of likely N-dealkylation sites (tertiary alicyclic amines) is 1. The van der Waals surface area contributed by atoms with E-state index in [1.807, 2.05) is 17.0 Å². The predicted octanol–water partition coefficient (Wildman–Crippen LogP) is 1.000. The van der Waals surface area contributed by atoms with Crippen LogP contribution in [-0.2, 0) is 21.2 Å². The van der Waals surface area contributed by atoms with E-state index in [2.05, 4.69) is 4.72 Å². The normalized spacial score (nSPS) is 19.7. The summed E-state index contributed by atoms with van der Waals surface area (Å²) >= 11 is 0. The van der Waals surface area contributed by atoms with Crippen LogP contribution in [0.2, 0.25) is 0 Å². The molecule has 1 saturated heterocycles. The molecular weight excluding hydrogens is 292 g/mol. The first-order valence-electron chi connectivity index (χ1n) is 7.19. The molecule has 21 heavy (non-hydrogen) atoms. The Morgan fingerprint density at radius 1 is 1.52 bits per heavy atom. The molecule has 0 unspecified atom stereocenters. The average molecular weight is 314 g/mol. The molecule has 6 nitrogen and oxygen atoms in total. The Balaban J connectivity index is 1.78.